The number of aromatic nitrogens is 2. The number of benzene rings is 1. The van der Waals surface area contributed by atoms with E-state index in [2.05, 4.69) is 11.5 Å². The van der Waals surface area contributed by atoms with E-state index in [9.17, 15) is 0 Å². The summed E-state index contributed by atoms with van der Waals surface area (Å²) in [6.07, 6.45) is 3.49. The molecule has 112 valence electrons. The van der Waals surface area contributed by atoms with Crippen LogP contribution in [0.3, 0.4) is 0 Å². The lowest BCUT2D eigenvalue weighted by Gasteiger charge is -2.10. The van der Waals surface area contributed by atoms with E-state index in [1.54, 1.807) is 0 Å². The fourth-order valence-corrected chi connectivity index (χ4v) is 2.68. The summed E-state index contributed by atoms with van der Waals surface area (Å²) in [5.41, 5.74) is 8.27. The van der Waals surface area contributed by atoms with Crippen LogP contribution in [-0.4, -0.2) is 15.7 Å². The van der Waals surface area contributed by atoms with Crippen LogP contribution in [0.4, 0.5) is 5.82 Å². The van der Waals surface area contributed by atoms with Crippen molar-refractivity contribution in [3.8, 4) is 17.0 Å². The Morgan fingerprint density at radius 2 is 2.14 bits per heavy atom. The molecule has 0 radical (unpaired) electrons. The molecule has 4 nitrogen and oxygen atoms in total. The van der Waals surface area contributed by atoms with Crippen molar-refractivity contribution in [1.29, 1.82) is 0 Å². The molecule has 0 spiro atoms. The Morgan fingerprint density at radius 3 is 2.76 bits per heavy atom. The summed E-state index contributed by atoms with van der Waals surface area (Å²) < 4.78 is 7.98. The van der Waals surface area contributed by atoms with Gasteiger partial charge in [-0.05, 0) is 38.8 Å². The van der Waals surface area contributed by atoms with Gasteiger partial charge in [-0.15, -0.1) is 0 Å². The maximum Gasteiger partial charge on any atom is 0.131 e. The number of aryl methyl sites for hydroxylation is 1. The van der Waals surface area contributed by atoms with Crippen LogP contribution < -0.4 is 10.5 Å². The van der Waals surface area contributed by atoms with Gasteiger partial charge in [0, 0.05) is 18.0 Å². The van der Waals surface area contributed by atoms with Gasteiger partial charge in [-0.3, -0.25) is 0 Å². The summed E-state index contributed by atoms with van der Waals surface area (Å²) in [6.45, 7) is 6.18. The molecule has 21 heavy (non-hydrogen) atoms. The highest BCUT2D eigenvalue weighted by molar-refractivity contribution is 5.72. The van der Waals surface area contributed by atoms with Gasteiger partial charge in [0.25, 0.3) is 0 Å². The van der Waals surface area contributed by atoms with E-state index >= 15 is 0 Å². The Balaban J connectivity index is 2.00. The molecule has 0 unspecified atom stereocenters. The van der Waals surface area contributed by atoms with Crippen LogP contribution in [0, 0.1) is 0 Å². The van der Waals surface area contributed by atoms with Gasteiger partial charge in [0.1, 0.15) is 23.1 Å². The molecule has 0 aliphatic heterocycles. The Labute approximate surface area is 125 Å². The minimum absolute atomic E-state index is 0.160. The standard InChI is InChI=1S/C17H23N3O/c1-4-15-19-16(17(18)20(15)13-8-9-13)12-6-5-7-14(10-12)21-11(2)3/h5-7,10-11,13H,4,8-9,18H2,1-3H3. The number of hydrogen-bond donors (Lipinski definition) is 1. The van der Waals surface area contributed by atoms with Crippen molar-refractivity contribution in [2.45, 2.75) is 52.2 Å². The Kier molecular flexibility index (Phi) is 3.62. The number of nitrogens with zero attached hydrogens (tertiary/aromatic N) is 2. The summed E-state index contributed by atoms with van der Waals surface area (Å²) in [5.74, 6) is 2.73. The van der Waals surface area contributed by atoms with Gasteiger partial charge in [0.2, 0.25) is 0 Å². The third-order valence-electron chi connectivity index (χ3n) is 3.73. The number of rotatable bonds is 5. The Hall–Kier alpha value is -1.97. The normalized spacial score (nSPS) is 14.7. The molecule has 2 N–H and O–H groups in total. The maximum absolute atomic E-state index is 6.36. The lowest BCUT2D eigenvalue weighted by molar-refractivity contribution is 0.242. The molecule has 1 saturated carbocycles. The molecule has 2 aromatic rings. The van der Waals surface area contributed by atoms with E-state index in [0.717, 1.165) is 35.1 Å². The first-order valence-corrected chi connectivity index (χ1v) is 7.73. The van der Waals surface area contributed by atoms with Crippen molar-refractivity contribution in [2.24, 2.45) is 0 Å². The third kappa shape index (κ3) is 2.75. The average Bonchev–Trinajstić information content (AvgIpc) is 3.22. The van der Waals surface area contributed by atoms with Crippen LogP contribution in [-0.2, 0) is 6.42 Å². The number of hydrogen-bond acceptors (Lipinski definition) is 3. The van der Waals surface area contributed by atoms with Crippen molar-refractivity contribution in [3.63, 3.8) is 0 Å². The zero-order valence-corrected chi connectivity index (χ0v) is 13.0. The number of nitrogen functional groups attached to an aromatic ring is 1. The second kappa shape index (κ2) is 5.43. The molecule has 1 heterocycles. The van der Waals surface area contributed by atoms with Crippen molar-refractivity contribution in [3.05, 3.63) is 30.1 Å². The Bertz CT molecular complexity index is 641. The van der Waals surface area contributed by atoms with E-state index < -0.39 is 0 Å². The van der Waals surface area contributed by atoms with E-state index in [1.165, 1.54) is 12.8 Å². The predicted octanol–water partition coefficient (Wildman–Crippen LogP) is 3.82. The number of imidazole rings is 1. The topological polar surface area (TPSA) is 53.1 Å². The second-order valence-corrected chi connectivity index (χ2v) is 5.91. The van der Waals surface area contributed by atoms with Crippen molar-refractivity contribution >= 4 is 5.82 Å². The largest absolute Gasteiger partial charge is 0.491 e. The molecule has 1 aliphatic rings. The molecule has 4 heteroatoms. The van der Waals surface area contributed by atoms with Crippen molar-refractivity contribution in [2.75, 3.05) is 5.73 Å². The molecule has 1 aliphatic carbocycles. The van der Waals surface area contributed by atoms with Crippen molar-refractivity contribution < 1.29 is 4.74 Å². The van der Waals surface area contributed by atoms with E-state index in [-0.39, 0.29) is 6.10 Å². The predicted molar refractivity (Wildman–Crippen MR) is 85.5 cm³/mol. The van der Waals surface area contributed by atoms with Crippen molar-refractivity contribution in [1.82, 2.24) is 9.55 Å². The molecule has 0 bridgehead atoms. The number of anilines is 1. The van der Waals surface area contributed by atoms with Crippen LogP contribution in [0.5, 0.6) is 5.75 Å². The zero-order valence-electron chi connectivity index (χ0n) is 13.0. The van der Waals surface area contributed by atoms with E-state index in [4.69, 9.17) is 15.5 Å². The minimum Gasteiger partial charge on any atom is -0.491 e. The number of ether oxygens (including phenoxy) is 1. The molecule has 1 aromatic heterocycles. The van der Waals surface area contributed by atoms with Gasteiger partial charge in [-0.2, -0.15) is 0 Å². The van der Waals surface area contributed by atoms with Gasteiger partial charge in [-0.25, -0.2) is 4.98 Å². The first-order chi connectivity index (χ1) is 10.1. The lowest BCUT2D eigenvalue weighted by Crippen LogP contribution is -2.05. The highest BCUT2D eigenvalue weighted by Crippen LogP contribution is 2.41. The quantitative estimate of drug-likeness (QED) is 0.908. The maximum atomic E-state index is 6.36. The van der Waals surface area contributed by atoms with E-state index in [0.29, 0.717) is 6.04 Å². The molecule has 0 amide bonds. The fourth-order valence-electron chi connectivity index (χ4n) is 2.68. The third-order valence-corrected chi connectivity index (χ3v) is 3.73. The molecular weight excluding hydrogens is 262 g/mol. The van der Waals surface area contributed by atoms with Crippen LogP contribution in [0.2, 0.25) is 0 Å². The summed E-state index contributed by atoms with van der Waals surface area (Å²) >= 11 is 0. The van der Waals surface area contributed by atoms with Crippen LogP contribution in [0.15, 0.2) is 24.3 Å². The van der Waals surface area contributed by atoms with Gasteiger partial charge in [0.05, 0.1) is 6.10 Å². The lowest BCUT2D eigenvalue weighted by atomic mass is 10.1. The summed E-state index contributed by atoms with van der Waals surface area (Å²) in [7, 11) is 0. The minimum atomic E-state index is 0.160. The van der Waals surface area contributed by atoms with Gasteiger partial charge < -0.3 is 15.0 Å². The second-order valence-electron chi connectivity index (χ2n) is 5.91. The van der Waals surface area contributed by atoms with Gasteiger partial charge in [-0.1, -0.05) is 19.1 Å². The van der Waals surface area contributed by atoms with Gasteiger partial charge >= 0.3 is 0 Å². The molecule has 1 fully saturated rings. The summed E-state index contributed by atoms with van der Waals surface area (Å²) in [6, 6.07) is 8.58. The smallest absolute Gasteiger partial charge is 0.131 e. The molecule has 0 atom stereocenters. The Morgan fingerprint density at radius 1 is 1.38 bits per heavy atom. The molecule has 3 rings (SSSR count). The fraction of sp³-hybridized carbons (Fsp3) is 0.471. The highest BCUT2D eigenvalue weighted by Gasteiger charge is 2.29. The van der Waals surface area contributed by atoms with Gasteiger partial charge in [0.15, 0.2) is 0 Å². The van der Waals surface area contributed by atoms with Crippen LogP contribution >= 0.6 is 0 Å². The summed E-state index contributed by atoms with van der Waals surface area (Å²) in [5, 5.41) is 0. The van der Waals surface area contributed by atoms with Crippen LogP contribution in [0.1, 0.15) is 45.5 Å². The first-order valence-electron chi connectivity index (χ1n) is 7.73. The zero-order chi connectivity index (χ0) is 15.0. The first kappa shape index (κ1) is 14.0. The van der Waals surface area contributed by atoms with E-state index in [1.807, 2.05) is 38.1 Å². The SMILES string of the molecule is CCc1nc(-c2cccc(OC(C)C)c2)c(N)n1C1CC1. The number of nitrogens with two attached hydrogens (primary N) is 1. The average molecular weight is 285 g/mol. The van der Waals surface area contributed by atoms with Crippen LogP contribution in [0.25, 0.3) is 11.3 Å². The molecule has 0 saturated heterocycles. The summed E-state index contributed by atoms with van der Waals surface area (Å²) in [4.78, 5) is 4.76. The monoisotopic (exact) mass is 285 g/mol. The molecule has 1 aromatic carbocycles. The molecular formula is C17H23N3O. The highest BCUT2D eigenvalue weighted by atomic mass is 16.5.